The molecule has 3 rings (SSSR count). The summed E-state index contributed by atoms with van der Waals surface area (Å²) < 4.78 is 5.24. The van der Waals surface area contributed by atoms with Gasteiger partial charge in [0.1, 0.15) is 0 Å². The van der Waals surface area contributed by atoms with Crippen LogP contribution < -0.4 is 10.6 Å². The molecule has 3 heterocycles. The molecule has 1 aliphatic heterocycles. The quantitative estimate of drug-likeness (QED) is 0.902. The number of aromatic nitrogens is 2. The first-order chi connectivity index (χ1) is 9.24. The molecule has 1 fully saturated rings. The number of halogens is 1. The molecule has 20 heavy (non-hydrogen) atoms. The number of furan rings is 1. The molecule has 0 aliphatic carbocycles. The van der Waals surface area contributed by atoms with Crippen molar-refractivity contribution in [1.29, 1.82) is 0 Å². The van der Waals surface area contributed by atoms with E-state index in [1.54, 1.807) is 12.3 Å². The average molecular weight is 315 g/mol. The number of nitrogens with zero attached hydrogens (tertiary/aromatic N) is 2. The van der Waals surface area contributed by atoms with E-state index >= 15 is 0 Å². The van der Waals surface area contributed by atoms with Crippen molar-refractivity contribution >= 4 is 34.8 Å². The van der Waals surface area contributed by atoms with Gasteiger partial charge in [-0.25, -0.2) is 0 Å². The molecule has 2 aromatic rings. The van der Waals surface area contributed by atoms with Crippen molar-refractivity contribution in [2.24, 2.45) is 11.8 Å². The van der Waals surface area contributed by atoms with Gasteiger partial charge >= 0.3 is 0 Å². The second-order valence-corrected chi connectivity index (χ2v) is 5.56. The molecule has 1 unspecified atom stereocenters. The Bertz CT molecular complexity index is 568. The molecule has 8 heteroatoms. The van der Waals surface area contributed by atoms with E-state index in [2.05, 4.69) is 20.8 Å². The van der Waals surface area contributed by atoms with Crippen LogP contribution in [-0.4, -0.2) is 29.2 Å². The molecule has 2 N–H and O–H groups in total. The minimum absolute atomic E-state index is 0. The largest absolute Gasteiger partial charge is 0.462 e. The van der Waals surface area contributed by atoms with Crippen LogP contribution >= 0.6 is 23.7 Å². The first-order valence-electron chi connectivity index (χ1n) is 6.13. The fourth-order valence-electron chi connectivity index (χ4n) is 1.87. The van der Waals surface area contributed by atoms with Gasteiger partial charge in [0.25, 0.3) is 0 Å². The number of nitrogens with one attached hydrogen (secondary N) is 2. The number of amides is 1. The fraction of sp³-hybridized carbons (Fsp3) is 0.417. The Hall–Kier alpha value is -1.44. The van der Waals surface area contributed by atoms with Crippen LogP contribution in [0.15, 0.2) is 22.8 Å². The molecule has 0 aromatic carbocycles. The van der Waals surface area contributed by atoms with Gasteiger partial charge in [-0.15, -0.1) is 22.6 Å². The van der Waals surface area contributed by atoms with E-state index in [1.807, 2.05) is 13.0 Å². The Labute approximate surface area is 126 Å². The first-order valence-corrected chi connectivity index (χ1v) is 6.94. The summed E-state index contributed by atoms with van der Waals surface area (Å²) >= 11 is 1.31. The number of hydrogen-bond acceptors (Lipinski definition) is 6. The molecular formula is C12H15ClN4O2S. The van der Waals surface area contributed by atoms with Gasteiger partial charge in [0, 0.05) is 5.92 Å². The van der Waals surface area contributed by atoms with Crippen molar-refractivity contribution in [2.75, 3.05) is 18.4 Å². The summed E-state index contributed by atoms with van der Waals surface area (Å²) in [4.78, 5) is 12.0. The zero-order valence-electron chi connectivity index (χ0n) is 10.8. The van der Waals surface area contributed by atoms with Gasteiger partial charge in [-0.2, -0.15) is 0 Å². The summed E-state index contributed by atoms with van der Waals surface area (Å²) in [7, 11) is 0. The highest BCUT2D eigenvalue weighted by atomic mass is 35.5. The molecule has 1 aliphatic rings. The van der Waals surface area contributed by atoms with Gasteiger partial charge in [0.05, 0.1) is 6.26 Å². The van der Waals surface area contributed by atoms with E-state index < -0.39 is 0 Å². The maximum absolute atomic E-state index is 12.0. The molecule has 1 atom stereocenters. The van der Waals surface area contributed by atoms with Crippen LogP contribution in [0.5, 0.6) is 0 Å². The van der Waals surface area contributed by atoms with Crippen molar-refractivity contribution in [3.05, 3.63) is 18.4 Å². The van der Waals surface area contributed by atoms with Crippen LogP contribution in [0.2, 0.25) is 0 Å². The Kier molecular flexibility index (Phi) is 4.74. The third kappa shape index (κ3) is 3.00. The predicted molar refractivity (Wildman–Crippen MR) is 79.0 cm³/mol. The molecule has 1 saturated heterocycles. The highest BCUT2D eigenvalue weighted by Crippen LogP contribution is 2.27. The molecule has 0 bridgehead atoms. The summed E-state index contributed by atoms with van der Waals surface area (Å²) in [5.74, 6) is 1.05. The van der Waals surface area contributed by atoms with Crippen LogP contribution in [0.25, 0.3) is 10.8 Å². The fourth-order valence-corrected chi connectivity index (χ4v) is 2.59. The van der Waals surface area contributed by atoms with Crippen LogP contribution in [0, 0.1) is 11.8 Å². The standard InChI is InChI=1S/C12H14N4O2S.ClH/c1-7(8-5-13-6-8)10(17)14-12-16-15-11(19-12)9-3-2-4-18-9;/h2-4,7-8,13H,5-6H2,1H3,(H,14,16,17);1H. The van der Waals surface area contributed by atoms with Crippen molar-refractivity contribution in [3.8, 4) is 10.8 Å². The highest BCUT2D eigenvalue weighted by molar-refractivity contribution is 7.18. The van der Waals surface area contributed by atoms with Crippen molar-refractivity contribution in [2.45, 2.75) is 6.92 Å². The molecule has 108 valence electrons. The maximum atomic E-state index is 12.0. The van der Waals surface area contributed by atoms with Crippen LogP contribution in [0.1, 0.15) is 6.92 Å². The number of hydrogen-bond donors (Lipinski definition) is 2. The molecule has 6 nitrogen and oxygen atoms in total. The number of carbonyl (C=O) groups is 1. The second kappa shape index (κ2) is 6.34. The third-order valence-electron chi connectivity index (χ3n) is 3.32. The van der Waals surface area contributed by atoms with Crippen LogP contribution in [-0.2, 0) is 4.79 Å². The average Bonchev–Trinajstić information content (AvgIpc) is 2.95. The minimum Gasteiger partial charge on any atom is -0.462 e. The second-order valence-electron chi connectivity index (χ2n) is 4.59. The smallest absolute Gasteiger partial charge is 0.229 e. The Morgan fingerprint density at radius 1 is 1.55 bits per heavy atom. The summed E-state index contributed by atoms with van der Waals surface area (Å²) in [6.45, 7) is 3.75. The summed E-state index contributed by atoms with van der Waals surface area (Å²) in [6.07, 6.45) is 1.58. The zero-order chi connectivity index (χ0) is 13.2. The molecule has 0 saturated carbocycles. The predicted octanol–water partition coefficient (Wildman–Crippen LogP) is 2.01. The van der Waals surface area contributed by atoms with E-state index in [0.717, 1.165) is 13.1 Å². The number of carbonyl (C=O) groups excluding carboxylic acids is 1. The molecular weight excluding hydrogens is 300 g/mol. The highest BCUT2D eigenvalue weighted by Gasteiger charge is 2.29. The van der Waals surface area contributed by atoms with E-state index in [0.29, 0.717) is 21.8 Å². The summed E-state index contributed by atoms with van der Waals surface area (Å²) in [5, 5.41) is 15.1. The monoisotopic (exact) mass is 314 g/mol. The Morgan fingerprint density at radius 2 is 2.35 bits per heavy atom. The van der Waals surface area contributed by atoms with E-state index in [9.17, 15) is 4.79 Å². The van der Waals surface area contributed by atoms with Gasteiger partial charge in [-0.3, -0.25) is 4.79 Å². The SMILES string of the molecule is CC(C(=O)Nc1nnc(-c2ccco2)s1)C1CNC1.Cl. The summed E-state index contributed by atoms with van der Waals surface area (Å²) in [6, 6.07) is 3.61. The topological polar surface area (TPSA) is 80.1 Å². The molecule has 1 amide bonds. The Balaban J connectivity index is 0.00000147. The summed E-state index contributed by atoms with van der Waals surface area (Å²) in [5.41, 5.74) is 0. The lowest BCUT2D eigenvalue weighted by molar-refractivity contribution is -0.121. The minimum atomic E-state index is -0.0165. The van der Waals surface area contributed by atoms with E-state index in [1.165, 1.54) is 11.3 Å². The molecule has 2 aromatic heterocycles. The van der Waals surface area contributed by atoms with Crippen LogP contribution in [0.3, 0.4) is 0 Å². The van der Waals surface area contributed by atoms with E-state index in [-0.39, 0.29) is 24.2 Å². The van der Waals surface area contributed by atoms with Gasteiger partial charge < -0.3 is 15.1 Å². The molecule has 0 spiro atoms. The van der Waals surface area contributed by atoms with Crippen LogP contribution in [0.4, 0.5) is 5.13 Å². The Morgan fingerprint density at radius 3 is 2.95 bits per heavy atom. The van der Waals surface area contributed by atoms with E-state index in [4.69, 9.17) is 4.42 Å². The lowest BCUT2D eigenvalue weighted by Crippen LogP contribution is -2.48. The van der Waals surface area contributed by atoms with Gasteiger partial charge in [-0.05, 0) is 31.1 Å². The van der Waals surface area contributed by atoms with Crippen molar-refractivity contribution in [3.63, 3.8) is 0 Å². The van der Waals surface area contributed by atoms with Crippen molar-refractivity contribution in [1.82, 2.24) is 15.5 Å². The third-order valence-corrected chi connectivity index (χ3v) is 4.17. The number of anilines is 1. The van der Waals surface area contributed by atoms with Gasteiger partial charge in [-0.1, -0.05) is 18.3 Å². The number of rotatable bonds is 4. The van der Waals surface area contributed by atoms with Gasteiger partial charge in [0.15, 0.2) is 10.8 Å². The lowest BCUT2D eigenvalue weighted by Gasteiger charge is -2.31. The van der Waals surface area contributed by atoms with Crippen molar-refractivity contribution < 1.29 is 9.21 Å². The maximum Gasteiger partial charge on any atom is 0.229 e. The lowest BCUT2D eigenvalue weighted by atomic mass is 9.88. The molecule has 0 radical (unpaired) electrons. The zero-order valence-corrected chi connectivity index (χ0v) is 12.5. The normalized spacial score (nSPS) is 16.1. The first kappa shape index (κ1) is 15.0. The van der Waals surface area contributed by atoms with Gasteiger partial charge in [0.2, 0.25) is 11.0 Å².